The van der Waals surface area contributed by atoms with E-state index >= 15 is 0 Å². The standard InChI is InChI=1S/C20H21N2/c1-14-9-5-8-12-18(14)21-13-22-19(15(21)2)16-10-6-7-11-17(16)20(22,3)4/h5-13H,1-4H3/q+1/i13D. The Morgan fingerprint density at radius 3 is 2.45 bits per heavy atom. The predicted octanol–water partition coefficient (Wildman–Crippen LogP) is 4.15. The number of para-hydroxylation sites is 1. The van der Waals surface area contributed by atoms with Crippen LogP contribution in [-0.4, -0.2) is 4.57 Å². The summed E-state index contributed by atoms with van der Waals surface area (Å²) >= 11 is 0. The van der Waals surface area contributed by atoms with Crippen molar-refractivity contribution in [3.05, 3.63) is 71.7 Å². The number of hydrogen-bond acceptors (Lipinski definition) is 0. The van der Waals surface area contributed by atoms with Crippen LogP contribution in [0.5, 0.6) is 0 Å². The van der Waals surface area contributed by atoms with Crippen LogP contribution in [0, 0.1) is 13.8 Å². The quantitative estimate of drug-likeness (QED) is 0.595. The molecular weight excluding hydrogens is 268 g/mol. The van der Waals surface area contributed by atoms with E-state index in [9.17, 15) is 0 Å². The van der Waals surface area contributed by atoms with Crippen LogP contribution < -0.4 is 4.57 Å². The molecule has 22 heavy (non-hydrogen) atoms. The number of benzene rings is 2. The lowest BCUT2D eigenvalue weighted by molar-refractivity contribution is -0.602. The molecular formula is C20H21N2+. The zero-order valence-corrected chi connectivity index (χ0v) is 13.5. The van der Waals surface area contributed by atoms with Gasteiger partial charge in [-0.05, 0) is 32.4 Å². The Bertz CT molecular complexity index is 935. The molecule has 2 heterocycles. The molecule has 4 rings (SSSR count). The molecule has 0 atom stereocenters. The van der Waals surface area contributed by atoms with Crippen molar-refractivity contribution in [2.24, 2.45) is 0 Å². The normalized spacial score (nSPS) is 15.4. The lowest BCUT2D eigenvalue weighted by Crippen LogP contribution is -2.34. The van der Waals surface area contributed by atoms with E-state index in [0.717, 1.165) is 11.4 Å². The van der Waals surface area contributed by atoms with Gasteiger partial charge in [-0.25, -0.2) is 4.57 Å². The monoisotopic (exact) mass is 290 g/mol. The Morgan fingerprint density at radius 1 is 1.00 bits per heavy atom. The molecule has 2 aromatic carbocycles. The van der Waals surface area contributed by atoms with Crippen molar-refractivity contribution >= 4 is 0 Å². The summed E-state index contributed by atoms with van der Waals surface area (Å²) in [6, 6.07) is 16.8. The van der Waals surface area contributed by atoms with Gasteiger partial charge in [-0.3, -0.25) is 0 Å². The summed E-state index contributed by atoms with van der Waals surface area (Å²) < 4.78 is 13.1. The maximum atomic E-state index is 8.84. The highest BCUT2D eigenvalue weighted by Gasteiger charge is 2.43. The van der Waals surface area contributed by atoms with E-state index in [1.807, 2.05) is 12.1 Å². The lowest BCUT2D eigenvalue weighted by Gasteiger charge is -2.17. The Morgan fingerprint density at radius 2 is 1.68 bits per heavy atom. The number of hydrogen-bond donors (Lipinski definition) is 0. The summed E-state index contributed by atoms with van der Waals surface area (Å²) in [6.07, 6.45) is 0.535. The fraction of sp³-hybridized carbons (Fsp3) is 0.250. The molecule has 0 saturated heterocycles. The third-order valence-corrected chi connectivity index (χ3v) is 4.86. The topological polar surface area (TPSA) is 8.81 Å². The fourth-order valence-electron chi connectivity index (χ4n) is 3.60. The highest BCUT2D eigenvalue weighted by atomic mass is 15.2. The van der Waals surface area contributed by atoms with E-state index in [0.29, 0.717) is 6.30 Å². The second-order valence-electron chi connectivity index (χ2n) is 6.60. The third kappa shape index (κ3) is 1.58. The van der Waals surface area contributed by atoms with Crippen molar-refractivity contribution in [3.63, 3.8) is 0 Å². The lowest BCUT2D eigenvalue weighted by atomic mass is 9.93. The summed E-state index contributed by atoms with van der Waals surface area (Å²) in [6.45, 7) is 8.61. The molecule has 0 radical (unpaired) electrons. The van der Waals surface area contributed by atoms with Gasteiger partial charge in [-0.1, -0.05) is 42.5 Å². The highest BCUT2D eigenvalue weighted by Crippen LogP contribution is 2.44. The first-order chi connectivity index (χ1) is 10.9. The van der Waals surface area contributed by atoms with Gasteiger partial charge in [0.15, 0.2) is 12.8 Å². The molecule has 0 spiro atoms. The van der Waals surface area contributed by atoms with Crippen LogP contribution >= 0.6 is 0 Å². The predicted molar refractivity (Wildman–Crippen MR) is 89.3 cm³/mol. The van der Waals surface area contributed by atoms with Gasteiger partial charge >= 0.3 is 0 Å². The van der Waals surface area contributed by atoms with E-state index < -0.39 is 0 Å². The Kier molecular flexibility index (Phi) is 2.40. The largest absolute Gasteiger partial charge is 0.250 e. The maximum absolute atomic E-state index is 8.84. The van der Waals surface area contributed by atoms with Gasteiger partial charge in [0, 0.05) is 18.1 Å². The first-order valence-electron chi connectivity index (χ1n) is 8.25. The van der Waals surface area contributed by atoms with Gasteiger partial charge in [0.1, 0.15) is 11.2 Å². The van der Waals surface area contributed by atoms with E-state index in [2.05, 4.69) is 73.2 Å². The third-order valence-electron chi connectivity index (χ3n) is 4.86. The van der Waals surface area contributed by atoms with E-state index in [1.165, 1.54) is 22.4 Å². The average Bonchev–Trinajstić information content (AvgIpc) is 2.93. The Hall–Kier alpha value is -2.35. The van der Waals surface area contributed by atoms with E-state index in [1.54, 1.807) is 0 Å². The van der Waals surface area contributed by atoms with Crippen LogP contribution in [0.15, 0.2) is 54.8 Å². The summed E-state index contributed by atoms with van der Waals surface area (Å²) in [5.74, 6) is 0. The van der Waals surface area contributed by atoms with Crippen LogP contribution in [0.25, 0.3) is 16.9 Å². The smallest absolute Gasteiger partial charge is 0.220 e. The second-order valence-corrected chi connectivity index (χ2v) is 6.60. The Balaban J connectivity index is 2.10. The van der Waals surface area contributed by atoms with Gasteiger partial charge in [-0.2, -0.15) is 4.57 Å². The molecule has 1 aliphatic heterocycles. The fourth-order valence-corrected chi connectivity index (χ4v) is 3.60. The van der Waals surface area contributed by atoms with Gasteiger partial charge in [-0.15, -0.1) is 0 Å². The molecule has 0 saturated carbocycles. The minimum Gasteiger partial charge on any atom is -0.220 e. The van der Waals surface area contributed by atoms with Crippen LogP contribution in [0.4, 0.5) is 0 Å². The van der Waals surface area contributed by atoms with E-state index in [4.69, 9.17) is 1.37 Å². The van der Waals surface area contributed by atoms with Crippen molar-refractivity contribution in [3.8, 4) is 16.9 Å². The van der Waals surface area contributed by atoms with Crippen molar-refractivity contribution < 1.29 is 5.94 Å². The van der Waals surface area contributed by atoms with Gasteiger partial charge in [0.2, 0.25) is 6.30 Å². The van der Waals surface area contributed by atoms with Crippen LogP contribution in [0.3, 0.4) is 0 Å². The molecule has 3 aromatic rings. The number of imidazole rings is 1. The van der Waals surface area contributed by atoms with Gasteiger partial charge in [0.05, 0.1) is 0 Å². The molecule has 0 unspecified atom stereocenters. The molecule has 1 aromatic heterocycles. The van der Waals surface area contributed by atoms with E-state index in [-0.39, 0.29) is 5.54 Å². The number of aromatic nitrogens is 2. The van der Waals surface area contributed by atoms with Crippen LogP contribution in [0.2, 0.25) is 0 Å². The summed E-state index contributed by atoms with van der Waals surface area (Å²) in [5.41, 5.74) is 6.90. The zero-order chi connectivity index (χ0) is 16.4. The molecule has 2 heteroatoms. The molecule has 0 N–H and O–H groups in total. The summed E-state index contributed by atoms with van der Waals surface area (Å²) in [5, 5.41) is 0. The molecule has 0 bridgehead atoms. The van der Waals surface area contributed by atoms with Gasteiger partial charge in [0.25, 0.3) is 0 Å². The number of fused-ring (bicyclic) bond motifs is 3. The van der Waals surface area contributed by atoms with Crippen LogP contribution in [0.1, 0.15) is 32.0 Å². The van der Waals surface area contributed by atoms with Crippen molar-refractivity contribution in [2.75, 3.05) is 0 Å². The number of aryl methyl sites for hydroxylation is 1. The molecule has 1 aliphatic rings. The SMILES string of the molecule is [2H]c1n2c(c(C)[n+]1-c1ccccc1C)-c1ccccc1C2(C)C. The maximum Gasteiger partial charge on any atom is 0.250 e. The second kappa shape index (κ2) is 4.33. The van der Waals surface area contributed by atoms with Crippen molar-refractivity contribution in [1.29, 1.82) is 0 Å². The summed E-state index contributed by atoms with van der Waals surface area (Å²) in [7, 11) is 0. The van der Waals surface area contributed by atoms with Gasteiger partial charge < -0.3 is 0 Å². The number of rotatable bonds is 1. The molecule has 110 valence electrons. The number of nitrogens with zero attached hydrogens (tertiary/aromatic N) is 2. The summed E-state index contributed by atoms with van der Waals surface area (Å²) in [4.78, 5) is 0. The first-order valence-corrected chi connectivity index (χ1v) is 7.75. The first kappa shape index (κ1) is 12.2. The molecule has 0 aliphatic carbocycles. The molecule has 0 fully saturated rings. The van der Waals surface area contributed by atoms with Crippen molar-refractivity contribution in [1.82, 2.24) is 4.57 Å². The Labute approximate surface area is 133 Å². The average molecular weight is 290 g/mol. The van der Waals surface area contributed by atoms with Crippen molar-refractivity contribution in [2.45, 2.75) is 33.2 Å². The zero-order valence-electron chi connectivity index (χ0n) is 14.5. The minimum absolute atomic E-state index is 0.207. The minimum atomic E-state index is -0.207. The molecule has 0 amide bonds. The molecule has 2 nitrogen and oxygen atoms in total. The van der Waals surface area contributed by atoms with Crippen LogP contribution in [-0.2, 0) is 5.54 Å². The highest BCUT2D eigenvalue weighted by molar-refractivity contribution is 5.72.